The fourth-order valence-electron chi connectivity index (χ4n) is 2.73. The number of pyridine rings is 1. The summed E-state index contributed by atoms with van der Waals surface area (Å²) in [4.78, 5) is 17.6. The maximum atomic E-state index is 12.0. The first-order valence-corrected chi connectivity index (χ1v) is 7.32. The largest absolute Gasteiger partial charge is 0.444 e. The van der Waals surface area contributed by atoms with Gasteiger partial charge in [-0.05, 0) is 37.8 Å². The minimum absolute atomic E-state index is 0.232. The molecule has 1 aliphatic heterocycles. The second-order valence-corrected chi connectivity index (χ2v) is 6.77. The monoisotopic (exact) mass is 300 g/mol. The third-order valence-electron chi connectivity index (χ3n) is 3.74. The molecule has 1 fully saturated rings. The molecule has 0 saturated carbocycles. The van der Waals surface area contributed by atoms with Crippen molar-refractivity contribution < 1.29 is 14.6 Å². The van der Waals surface area contributed by atoms with E-state index in [1.54, 1.807) is 12.4 Å². The van der Waals surface area contributed by atoms with Gasteiger partial charge in [-0.1, -0.05) is 18.2 Å². The Morgan fingerprint density at radius 1 is 1.32 bits per heavy atom. The first-order chi connectivity index (χ1) is 10.3. The second kappa shape index (κ2) is 4.95. The van der Waals surface area contributed by atoms with E-state index >= 15 is 0 Å². The molecular weight excluding hydrogens is 280 g/mol. The molecule has 0 radical (unpaired) electrons. The zero-order valence-corrected chi connectivity index (χ0v) is 13.0. The average molecular weight is 300 g/mol. The number of nitrogens with zero attached hydrogens (tertiary/aromatic N) is 2. The Kier molecular flexibility index (Phi) is 3.33. The summed E-state index contributed by atoms with van der Waals surface area (Å²) in [7, 11) is 0. The molecular formula is C17H20N2O3. The van der Waals surface area contributed by atoms with E-state index in [0.29, 0.717) is 0 Å². The van der Waals surface area contributed by atoms with Crippen LogP contribution in [0.25, 0.3) is 10.8 Å². The number of ether oxygens (including phenoxy) is 1. The maximum absolute atomic E-state index is 12.0. The molecule has 2 heterocycles. The highest BCUT2D eigenvalue weighted by atomic mass is 16.6. The van der Waals surface area contributed by atoms with Gasteiger partial charge in [0.1, 0.15) is 11.2 Å². The highest BCUT2D eigenvalue weighted by Gasteiger charge is 2.47. The SMILES string of the molecule is CC(C)(C)OC(=O)N1CC(O)(c2cccc3ccncc23)C1. The molecule has 1 aliphatic rings. The van der Waals surface area contributed by atoms with E-state index in [-0.39, 0.29) is 13.1 Å². The van der Waals surface area contributed by atoms with Crippen molar-refractivity contribution in [2.75, 3.05) is 13.1 Å². The highest BCUT2D eigenvalue weighted by Crippen LogP contribution is 2.36. The predicted molar refractivity (Wildman–Crippen MR) is 83.4 cm³/mol. The van der Waals surface area contributed by atoms with Gasteiger partial charge in [-0.25, -0.2) is 4.79 Å². The number of carbonyl (C=O) groups excluding carboxylic acids is 1. The van der Waals surface area contributed by atoms with Crippen LogP contribution in [-0.4, -0.2) is 39.8 Å². The van der Waals surface area contributed by atoms with Gasteiger partial charge < -0.3 is 14.7 Å². The average Bonchev–Trinajstić information content (AvgIpc) is 2.41. The van der Waals surface area contributed by atoms with Crippen LogP contribution in [0.4, 0.5) is 4.79 Å². The molecule has 5 nitrogen and oxygen atoms in total. The topological polar surface area (TPSA) is 62.7 Å². The van der Waals surface area contributed by atoms with Gasteiger partial charge in [-0.3, -0.25) is 4.98 Å². The van der Waals surface area contributed by atoms with Gasteiger partial charge in [0.05, 0.1) is 13.1 Å². The summed E-state index contributed by atoms with van der Waals surface area (Å²) >= 11 is 0. The Bertz CT molecular complexity index is 710. The number of hydrogen-bond donors (Lipinski definition) is 1. The molecule has 5 heteroatoms. The van der Waals surface area contributed by atoms with Crippen LogP contribution in [0, 0.1) is 0 Å². The predicted octanol–water partition coefficient (Wildman–Crippen LogP) is 2.67. The standard InChI is InChI=1S/C17H20N2O3/c1-16(2,3)22-15(20)19-10-17(21,11-19)14-6-4-5-12-7-8-18-9-13(12)14/h4-9,21H,10-11H2,1-3H3. The Hall–Kier alpha value is -2.14. The van der Waals surface area contributed by atoms with Gasteiger partial charge in [0.15, 0.2) is 0 Å². The number of amides is 1. The third kappa shape index (κ3) is 2.64. The van der Waals surface area contributed by atoms with Crippen LogP contribution < -0.4 is 0 Å². The van der Waals surface area contributed by atoms with Crippen molar-refractivity contribution in [1.82, 2.24) is 9.88 Å². The summed E-state index contributed by atoms with van der Waals surface area (Å²) in [5.41, 5.74) is -0.772. The lowest BCUT2D eigenvalue weighted by Gasteiger charge is -2.46. The molecule has 0 unspecified atom stereocenters. The Morgan fingerprint density at radius 2 is 2.05 bits per heavy atom. The number of β-amino-alcohol motifs (C(OH)–C–C–N with tert-alkyl or cyclic N) is 1. The number of aliphatic hydroxyl groups is 1. The molecule has 1 saturated heterocycles. The van der Waals surface area contributed by atoms with Gasteiger partial charge in [0.2, 0.25) is 0 Å². The Balaban J connectivity index is 1.81. The molecule has 22 heavy (non-hydrogen) atoms. The molecule has 1 aromatic carbocycles. The number of carbonyl (C=O) groups is 1. The second-order valence-electron chi connectivity index (χ2n) is 6.77. The number of likely N-dealkylation sites (tertiary alicyclic amines) is 1. The molecule has 0 bridgehead atoms. The van der Waals surface area contributed by atoms with Gasteiger partial charge in [-0.2, -0.15) is 0 Å². The van der Waals surface area contributed by atoms with Gasteiger partial charge in [-0.15, -0.1) is 0 Å². The first kappa shape index (κ1) is 14.8. The van der Waals surface area contributed by atoms with E-state index in [1.807, 2.05) is 45.0 Å². The molecule has 3 rings (SSSR count). The summed E-state index contributed by atoms with van der Waals surface area (Å²) < 4.78 is 5.32. The number of hydrogen-bond acceptors (Lipinski definition) is 4. The van der Waals surface area contributed by atoms with Crippen molar-refractivity contribution in [2.45, 2.75) is 32.0 Å². The van der Waals surface area contributed by atoms with Crippen molar-refractivity contribution in [3.05, 3.63) is 42.2 Å². The van der Waals surface area contributed by atoms with Crippen molar-refractivity contribution in [1.29, 1.82) is 0 Å². The van der Waals surface area contributed by atoms with Crippen molar-refractivity contribution >= 4 is 16.9 Å². The van der Waals surface area contributed by atoms with E-state index in [0.717, 1.165) is 16.3 Å². The lowest BCUT2D eigenvalue weighted by molar-refractivity contribution is -0.102. The molecule has 1 amide bonds. The van der Waals surface area contributed by atoms with Crippen LogP contribution in [0.15, 0.2) is 36.7 Å². The van der Waals surface area contributed by atoms with Crippen LogP contribution in [0.5, 0.6) is 0 Å². The van der Waals surface area contributed by atoms with Crippen LogP contribution >= 0.6 is 0 Å². The molecule has 0 spiro atoms. The number of fused-ring (bicyclic) bond motifs is 1. The molecule has 1 N–H and O–H groups in total. The Labute approximate surface area is 129 Å². The molecule has 116 valence electrons. The zero-order chi connectivity index (χ0) is 16.0. The van der Waals surface area contributed by atoms with Crippen LogP contribution in [0.3, 0.4) is 0 Å². The molecule has 0 aliphatic carbocycles. The first-order valence-electron chi connectivity index (χ1n) is 7.32. The summed E-state index contributed by atoms with van der Waals surface area (Å²) in [6, 6.07) is 7.68. The smallest absolute Gasteiger partial charge is 0.410 e. The number of aromatic nitrogens is 1. The van der Waals surface area contributed by atoms with Gasteiger partial charge in [0.25, 0.3) is 0 Å². The zero-order valence-electron chi connectivity index (χ0n) is 13.0. The van der Waals surface area contributed by atoms with E-state index in [2.05, 4.69) is 4.98 Å². The molecule has 0 atom stereocenters. The van der Waals surface area contributed by atoms with Gasteiger partial charge in [0, 0.05) is 17.8 Å². The van der Waals surface area contributed by atoms with Crippen molar-refractivity contribution in [3.63, 3.8) is 0 Å². The Morgan fingerprint density at radius 3 is 2.73 bits per heavy atom. The maximum Gasteiger partial charge on any atom is 0.410 e. The molecule has 2 aromatic rings. The minimum atomic E-state index is -1.04. The molecule has 1 aromatic heterocycles. The van der Waals surface area contributed by atoms with Crippen molar-refractivity contribution in [3.8, 4) is 0 Å². The van der Waals surface area contributed by atoms with E-state index in [9.17, 15) is 9.90 Å². The summed E-state index contributed by atoms with van der Waals surface area (Å²) in [6.07, 6.45) is 3.08. The normalized spacial score (nSPS) is 17.2. The van der Waals surface area contributed by atoms with E-state index < -0.39 is 17.3 Å². The van der Waals surface area contributed by atoms with Crippen molar-refractivity contribution in [2.24, 2.45) is 0 Å². The number of benzene rings is 1. The van der Waals surface area contributed by atoms with Crippen LogP contribution in [0.2, 0.25) is 0 Å². The summed E-state index contributed by atoms with van der Waals surface area (Å²) in [5, 5.41) is 12.8. The summed E-state index contributed by atoms with van der Waals surface area (Å²) in [5.74, 6) is 0. The lowest BCUT2D eigenvalue weighted by atomic mass is 9.84. The number of rotatable bonds is 1. The minimum Gasteiger partial charge on any atom is -0.444 e. The van der Waals surface area contributed by atoms with Crippen LogP contribution in [-0.2, 0) is 10.3 Å². The fraction of sp³-hybridized carbons (Fsp3) is 0.412. The van der Waals surface area contributed by atoms with E-state index in [4.69, 9.17) is 4.74 Å². The fourth-order valence-corrected chi connectivity index (χ4v) is 2.73. The third-order valence-corrected chi connectivity index (χ3v) is 3.74. The highest BCUT2D eigenvalue weighted by molar-refractivity contribution is 5.86. The lowest BCUT2D eigenvalue weighted by Crippen LogP contribution is -2.62. The quantitative estimate of drug-likeness (QED) is 0.879. The van der Waals surface area contributed by atoms with Crippen LogP contribution in [0.1, 0.15) is 26.3 Å². The van der Waals surface area contributed by atoms with Gasteiger partial charge >= 0.3 is 6.09 Å². The summed E-state index contributed by atoms with van der Waals surface area (Å²) in [6.45, 7) is 5.94. The van der Waals surface area contributed by atoms with E-state index in [1.165, 1.54) is 4.90 Å².